The minimum absolute atomic E-state index is 0.685. The summed E-state index contributed by atoms with van der Waals surface area (Å²) in [6, 6.07) is 16.0. The Bertz CT molecular complexity index is 559. The lowest BCUT2D eigenvalue weighted by Crippen LogP contribution is -2.32. The summed E-state index contributed by atoms with van der Waals surface area (Å²) in [5, 5.41) is 6.40. The maximum absolute atomic E-state index is 3.64. The molecule has 1 aliphatic rings. The van der Waals surface area contributed by atoms with Crippen LogP contribution >= 0.6 is 0 Å². The molecule has 0 aromatic heterocycles. The second-order valence-electron chi connectivity index (χ2n) is 5.81. The third-order valence-corrected chi connectivity index (χ3v) is 4.23. The first-order valence-electron chi connectivity index (χ1n) is 7.79. The Morgan fingerprint density at radius 3 is 2.90 bits per heavy atom. The minimum Gasteiger partial charge on any atom is -0.313 e. The highest BCUT2D eigenvalue weighted by molar-refractivity contribution is 5.85. The number of benzene rings is 2. The van der Waals surface area contributed by atoms with Crippen molar-refractivity contribution < 1.29 is 0 Å². The molecule has 20 heavy (non-hydrogen) atoms. The first-order valence-corrected chi connectivity index (χ1v) is 7.79. The molecule has 0 aliphatic carbocycles. The van der Waals surface area contributed by atoms with Gasteiger partial charge in [0.1, 0.15) is 0 Å². The monoisotopic (exact) mass is 268 g/mol. The molecule has 0 amide bonds. The van der Waals surface area contributed by atoms with Gasteiger partial charge in [-0.05, 0) is 35.7 Å². The van der Waals surface area contributed by atoms with Crippen molar-refractivity contribution in [3.8, 4) is 0 Å². The SMILES string of the molecule is CCCNC1CCN(Cc2cccc3ccccc23)C1. The topological polar surface area (TPSA) is 15.3 Å². The number of likely N-dealkylation sites (tertiary alicyclic amines) is 1. The normalized spacial score (nSPS) is 19.8. The van der Waals surface area contributed by atoms with Crippen molar-refractivity contribution in [1.82, 2.24) is 10.2 Å². The Morgan fingerprint density at radius 1 is 1.15 bits per heavy atom. The second-order valence-corrected chi connectivity index (χ2v) is 5.81. The van der Waals surface area contributed by atoms with Crippen molar-refractivity contribution in [3.63, 3.8) is 0 Å². The molecule has 0 radical (unpaired) electrons. The highest BCUT2D eigenvalue weighted by Gasteiger charge is 2.21. The maximum atomic E-state index is 3.64. The fourth-order valence-corrected chi connectivity index (χ4v) is 3.16. The quantitative estimate of drug-likeness (QED) is 0.894. The molecular weight excluding hydrogens is 244 g/mol. The van der Waals surface area contributed by atoms with Gasteiger partial charge in [-0.15, -0.1) is 0 Å². The third-order valence-electron chi connectivity index (χ3n) is 4.23. The van der Waals surface area contributed by atoms with Gasteiger partial charge >= 0.3 is 0 Å². The zero-order chi connectivity index (χ0) is 13.8. The van der Waals surface area contributed by atoms with Crippen molar-refractivity contribution >= 4 is 10.8 Å². The first-order chi connectivity index (χ1) is 9.86. The van der Waals surface area contributed by atoms with E-state index in [0.717, 1.165) is 13.1 Å². The average Bonchev–Trinajstić information content (AvgIpc) is 2.93. The third kappa shape index (κ3) is 3.02. The van der Waals surface area contributed by atoms with Crippen LogP contribution in [0.3, 0.4) is 0 Å². The van der Waals surface area contributed by atoms with E-state index in [0.29, 0.717) is 6.04 Å². The summed E-state index contributed by atoms with van der Waals surface area (Å²) in [5.41, 5.74) is 1.46. The Hall–Kier alpha value is -1.38. The summed E-state index contributed by atoms with van der Waals surface area (Å²) in [4.78, 5) is 2.58. The van der Waals surface area contributed by atoms with E-state index in [1.807, 2.05) is 0 Å². The smallest absolute Gasteiger partial charge is 0.0240 e. The Morgan fingerprint density at radius 2 is 2.00 bits per heavy atom. The Labute approximate surface area is 121 Å². The highest BCUT2D eigenvalue weighted by atomic mass is 15.2. The lowest BCUT2D eigenvalue weighted by atomic mass is 10.0. The molecule has 2 heteroatoms. The maximum Gasteiger partial charge on any atom is 0.0240 e. The summed E-state index contributed by atoms with van der Waals surface area (Å²) >= 11 is 0. The van der Waals surface area contributed by atoms with Crippen LogP contribution in [-0.4, -0.2) is 30.6 Å². The van der Waals surface area contributed by atoms with Gasteiger partial charge in [-0.3, -0.25) is 4.90 Å². The van der Waals surface area contributed by atoms with Crippen LogP contribution < -0.4 is 5.32 Å². The van der Waals surface area contributed by atoms with Gasteiger partial charge in [-0.25, -0.2) is 0 Å². The molecular formula is C18H24N2. The van der Waals surface area contributed by atoms with Crippen LogP contribution in [0, 0.1) is 0 Å². The van der Waals surface area contributed by atoms with Crippen LogP contribution in [0.25, 0.3) is 10.8 Å². The molecule has 106 valence electrons. The summed E-state index contributed by atoms with van der Waals surface area (Å²) in [5.74, 6) is 0. The molecule has 0 bridgehead atoms. The van der Waals surface area contributed by atoms with Gasteiger partial charge in [0.25, 0.3) is 0 Å². The summed E-state index contributed by atoms with van der Waals surface area (Å²) < 4.78 is 0. The predicted octanol–water partition coefficient (Wildman–Crippen LogP) is 3.41. The molecule has 0 spiro atoms. The second kappa shape index (κ2) is 6.38. The highest BCUT2D eigenvalue weighted by Crippen LogP contribution is 2.21. The van der Waals surface area contributed by atoms with Crippen LogP contribution in [0.5, 0.6) is 0 Å². The van der Waals surface area contributed by atoms with Crippen LogP contribution in [-0.2, 0) is 6.54 Å². The van der Waals surface area contributed by atoms with Gasteiger partial charge in [0.05, 0.1) is 0 Å². The van der Waals surface area contributed by atoms with Gasteiger partial charge in [0, 0.05) is 25.7 Å². The molecule has 2 nitrogen and oxygen atoms in total. The molecule has 3 rings (SSSR count). The predicted molar refractivity (Wildman–Crippen MR) is 85.9 cm³/mol. The fraction of sp³-hybridized carbons (Fsp3) is 0.444. The van der Waals surface area contributed by atoms with Crippen LogP contribution in [0.1, 0.15) is 25.3 Å². The van der Waals surface area contributed by atoms with E-state index in [1.165, 1.54) is 42.3 Å². The van der Waals surface area contributed by atoms with E-state index in [-0.39, 0.29) is 0 Å². The number of nitrogens with one attached hydrogen (secondary N) is 1. The number of nitrogens with zero attached hydrogens (tertiary/aromatic N) is 1. The molecule has 1 aliphatic heterocycles. The van der Waals surface area contributed by atoms with E-state index in [9.17, 15) is 0 Å². The number of hydrogen-bond acceptors (Lipinski definition) is 2. The van der Waals surface area contributed by atoms with Gasteiger partial charge in [0.2, 0.25) is 0 Å². The van der Waals surface area contributed by atoms with Crippen LogP contribution in [0.15, 0.2) is 42.5 Å². The van der Waals surface area contributed by atoms with Gasteiger partial charge in [-0.1, -0.05) is 49.4 Å². The zero-order valence-electron chi connectivity index (χ0n) is 12.3. The standard InChI is InChI=1S/C18H24N2/c1-2-11-19-17-10-12-20(14-17)13-16-8-5-7-15-6-3-4-9-18(15)16/h3-9,17,19H,2,10-14H2,1H3. The number of hydrogen-bond donors (Lipinski definition) is 1. The molecule has 2 aromatic rings. The summed E-state index contributed by atoms with van der Waals surface area (Å²) in [6.45, 7) is 6.85. The lowest BCUT2D eigenvalue weighted by molar-refractivity contribution is 0.321. The first kappa shape index (κ1) is 13.6. The van der Waals surface area contributed by atoms with E-state index in [1.54, 1.807) is 0 Å². The summed E-state index contributed by atoms with van der Waals surface area (Å²) in [6.07, 6.45) is 2.50. The van der Waals surface area contributed by atoms with Gasteiger partial charge in [-0.2, -0.15) is 0 Å². The Balaban J connectivity index is 1.68. The lowest BCUT2D eigenvalue weighted by Gasteiger charge is -2.18. The van der Waals surface area contributed by atoms with E-state index >= 15 is 0 Å². The molecule has 2 aromatic carbocycles. The molecule has 1 heterocycles. The molecule has 1 atom stereocenters. The average molecular weight is 268 g/mol. The van der Waals surface area contributed by atoms with Crippen LogP contribution in [0.2, 0.25) is 0 Å². The van der Waals surface area contributed by atoms with Crippen molar-refractivity contribution in [2.45, 2.75) is 32.4 Å². The van der Waals surface area contributed by atoms with Crippen LogP contribution in [0.4, 0.5) is 0 Å². The van der Waals surface area contributed by atoms with Crippen molar-refractivity contribution in [3.05, 3.63) is 48.0 Å². The van der Waals surface area contributed by atoms with E-state index in [4.69, 9.17) is 0 Å². The molecule has 1 saturated heterocycles. The van der Waals surface area contributed by atoms with Crippen molar-refractivity contribution in [2.75, 3.05) is 19.6 Å². The molecule has 1 unspecified atom stereocenters. The number of fused-ring (bicyclic) bond motifs is 1. The van der Waals surface area contributed by atoms with Crippen molar-refractivity contribution in [1.29, 1.82) is 0 Å². The van der Waals surface area contributed by atoms with E-state index < -0.39 is 0 Å². The molecule has 0 saturated carbocycles. The van der Waals surface area contributed by atoms with Gasteiger partial charge in [0.15, 0.2) is 0 Å². The largest absolute Gasteiger partial charge is 0.313 e. The fourth-order valence-electron chi connectivity index (χ4n) is 3.16. The zero-order valence-corrected chi connectivity index (χ0v) is 12.3. The molecule has 1 fully saturated rings. The minimum atomic E-state index is 0.685. The summed E-state index contributed by atoms with van der Waals surface area (Å²) in [7, 11) is 0. The van der Waals surface area contributed by atoms with E-state index in [2.05, 4.69) is 59.6 Å². The molecule has 1 N–H and O–H groups in total. The van der Waals surface area contributed by atoms with Gasteiger partial charge < -0.3 is 5.32 Å². The number of rotatable bonds is 5. The Kier molecular flexibility index (Phi) is 4.34. The van der Waals surface area contributed by atoms with Crippen molar-refractivity contribution in [2.24, 2.45) is 0 Å².